The fourth-order valence-corrected chi connectivity index (χ4v) is 1.63. The van der Waals surface area contributed by atoms with Gasteiger partial charge in [0.25, 0.3) is 5.91 Å². The van der Waals surface area contributed by atoms with E-state index >= 15 is 0 Å². The summed E-state index contributed by atoms with van der Waals surface area (Å²) >= 11 is 2.21. The molecule has 0 atom stereocenters. The summed E-state index contributed by atoms with van der Waals surface area (Å²) in [5, 5.41) is 9.29. The van der Waals surface area contributed by atoms with Crippen molar-refractivity contribution in [2.45, 2.75) is 13.3 Å². The van der Waals surface area contributed by atoms with Crippen LogP contribution in [-0.2, 0) is 6.42 Å². The summed E-state index contributed by atoms with van der Waals surface area (Å²) in [4.78, 5) is 15.8. The van der Waals surface area contributed by atoms with E-state index in [0.29, 0.717) is 5.82 Å². The van der Waals surface area contributed by atoms with Crippen LogP contribution in [0.4, 0.5) is 5.69 Å². The number of benzene rings is 1. The monoisotopic (exact) mass is 342 g/mol. The molecule has 88 valence electrons. The zero-order valence-corrected chi connectivity index (χ0v) is 11.4. The molecule has 2 N–H and O–H groups in total. The molecule has 0 bridgehead atoms. The largest absolute Gasteiger partial charge is 0.319 e. The number of nitrogens with one attached hydrogen (secondary N) is 2. The molecule has 17 heavy (non-hydrogen) atoms. The first kappa shape index (κ1) is 12.0. The molecule has 0 fully saturated rings. The van der Waals surface area contributed by atoms with Gasteiger partial charge in [-0.3, -0.25) is 9.89 Å². The summed E-state index contributed by atoms with van der Waals surface area (Å²) in [6.07, 6.45) is 0.726. The van der Waals surface area contributed by atoms with Gasteiger partial charge < -0.3 is 5.32 Å². The fourth-order valence-electron chi connectivity index (χ4n) is 1.28. The van der Waals surface area contributed by atoms with Gasteiger partial charge in [-0.25, -0.2) is 4.98 Å². The first-order valence-corrected chi connectivity index (χ1v) is 6.25. The second kappa shape index (κ2) is 5.26. The average molecular weight is 342 g/mol. The Morgan fingerprint density at radius 2 is 2.12 bits per heavy atom. The minimum atomic E-state index is -0.304. The Bertz CT molecular complexity index is 521. The summed E-state index contributed by atoms with van der Waals surface area (Å²) < 4.78 is 1.12. The van der Waals surface area contributed by atoms with Crippen LogP contribution in [0.15, 0.2) is 24.3 Å². The van der Waals surface area contributed by atoms with Crippen molar-refractivity contribution < 1.29 is 4.79 Å². The third-order valence-corrected chi connectivity index (χ3v) is 2.89. The van der Waals surface area contributed by atoms with Gasteiger partial charge in [0.1, 0.15) is 5.82 Å². The van der Waals surface area contributed by atoms with Gasteiger partial charge in [0, 0.05) is 15.7 Å². The van der Waals surface area contributed by atoms with Crippen molar-refractivity contribution in [1.82, 2.24) is 15.2 Å². The summed E-state index contributed by atoms with van der Waals surface area (Å²) in [5.41, 5.74) is 0.735. The van der Waals surface area contributed by atoms with Crippen LogP contribution >= 0.6 is 22.6 Å². The molecule has 0 unspecified atom stereocenters. The number of nitrogens with zero attached hydrogens (tertiary/aromatic N) is 2. The van der Waals surface area contributed by atoms with Crippen LogP contribution in [0.2, 0.25) is 0 Å². The minimum absolute atomic E-state index is 0.167. The van der Waals surface area contributed by atoms with E-state index in [2.05, 4.69) is 43.1 Å². The minimum Gasteiger partial charge on any atom is -0.319 e. The highest BCUT2D eigenvalue weighted by molar-refractivity contribution is 14.1. The summed E-state index contributed by atoms with van der Waals surface area (Å²) in [7, 11) is 0. The molecule has 0 radical (unpaired) electrons. The van der Waals surface area contributed by atoms with Gasteiger partial charge >= 0.3 is 0 Å². The van der Waals surface area contributed by atoms with E-state index < -0.39 is 0 Å². The molecular weight excluding hydrogens is 331 g/mol. The highest BCUT2D eigenvalue weighted by atomic mass is 127. The third-order valence-electron chi connectivity index (χ3n) is 2.17. The third kappa shape index (κ3) is 3.02. The van der Waals surface area contributed by atoms with Crippen LogP contribution in [0.25, 0.3) is 0 Å². The highest BCUT2D eigenvalue weighted by Gasteiger charge is 2.11. The molecule has 0 saturated heterocycles. The van der Waals surface area contributed by atoms with Gasteiger partial charge in [-0.1, -0.05) is 6.92 Å². The molecule has 0 spiro atoms. The maximum Gasteiger partial charge on any atom is 0.295 e. The van der Waals surface area contributed by atoms with Gasteiger partial charge in [-0.15, -0.1) is 5.10 Å². The summed E-state index contributed by atoms with van der Waals surface area (Å²) in [5.74, 6) is 0.570. The number of hydrogen-bond donors (Lipinski definition) is 2. The Hall–Kier alpha value is -1.44. The second-order valence-corrected chi connectivity index (χ2v) is 4.67. The van der Waals surface area contributed by atoms with Gasteiger partial charge in [0.15, 0.2) is 0 Å². The molecule has 1 aromatic heterocycles. The van der Waals surface area contributed by atoms with Crippen LogP contribution in [0.5, 0.6) is 0 Å². The number of amides is 1. The Kier molecular flexibility index (Phi) is 3.72. The maximum atomic E-state index is 11.8. The number of carbonyl (C=O) groups excluding carboxylic acids is 1. The maximum absolute atomic E-state index is 11.8. The van der Waals surface area contributed by atoms with Crippen LogP contribution in [0.1, 0.15) is 23.4 Å². The molecule has 0 aliphatic heterocycles. The van der Waals surface area contributed by atoms with E-state index in [1.54, 1.807) is 0 Å². The number of anilines is 1. The van der Waals surface area contributed by atoms with E-state index in [0.717, 1.165) is 15.7 Å². The molecule has 0 aliphatic carbocycles. The lowest BCUT2D eigenvalue weighted by atomic mass is 10.3. The van der Waals surface area contributed by atoms with Gasteiger partial charge in [0.2, 0.25) is 5.82 Å². The van der Waals surface area contributed by atoms with Crippen LogP contribution in [0.3, 0.4) is 0 Å². The quantitative estimate of drug-likeness (QED) is 0.841. The van der Waals surface area contributed by atoms with Crippen molar-refractivity contribution in [3.63, 3.8) is 0 Å². The van der Waals surface area contributed by atoms with E-state index in [1.165, 1.54) is 0 Å². The Morgan fingerprint density at radius 3 is 2.71 bits per heavy atom. The molecule has 2 aromatic rings. The zero-order valence-electron chi connectivity index (χ0n) is 9.20. The molecule has 1 aromatic carbocycles. The van der Waals surface area contributed by atoms with E-state index in [4.69, 9.17) is 0 Å². The van der Waals surface area contributed by atoms with Crippen LogP contribution < -0.4 is 5.32 Å². The number of carbonyl (C=O) groups is 1. The number of H-pyrrole nitrogens is 1. The Labute approximate surface area is 112 Å². The number of aromatic nitrogens is 3. The topological polar surface area (TPSA) is 70.7 Å². The zero-order chi connectivity index (χ0) is 12.3. The summed E-state index contributed by atoms with van der Waals surface area (Å²) in [6.45, 7) is 1.95. The predicted molar refractivity (Wildman–Crippen MR) is 72.9 cm³/mol. The number of aryl methyl sites for hydroxylation is 1. The van der Waals surface area contributed by atoms with Crippen LogP contribution in [-0.4, -0.2) is 21.1 Å². The molecule has 6 heteroatoms. The Morgan fingerprint density at radius 1 is 1.41 bits per heavy atom. The first-order chi connectivity index (χ1) is 8.19. The smallest absolute Gasteiger partial charge is 0.295 e. The van der Waals surface area contributed by atoms with Crippen molar-refractivity contribution in [3.05, 3.63) is 39.5 Å². The van der Waals surface area contributed by atoms with E-state index in [-0.39, 0.29) is 11.7 Å². The highest BCUT2D eigenvalue weighted by Crippen LogP contribution is 2.11. The van der Waals surface area contributed by atoms with Crippen molar-refractivity contribution in [2.24, 2.45) is 0 Å². The lowest BCUT2D eigenvalue weighted by Crippen LogP contribution is -2.13. The lowest BCUT2D eigenvalue weighted by Gasteiger charge is -2.01. The fraction of sp³-hybridized carbons (Fsp3) is 0.182. The SMILES string of the molecule is CCc1nc(C(=O)Nc2ccc(I)cc2)n[nH]1. The Balaban J connectivity index is 2.08. The normalized spacial score (nSPS) is 10.2. The average Bonchev–Trinajstić information content (AvgIpc) is 2.81. The molecule has 1 heterocycles. The number of aromatic amines is 1. The molecule has 0 saturated carbocycles. The van der Waals surface area contributed by atoms with Gasteiger partial charge in [-0.2, -0.15) is 0 Å². The first-order valence-electron chi connectivity index (χ1n) is 5.17. The number of hydrogen-bond acceptors (Lipinski definition) is 3. The molecule has 0 aliphatic rings. The number of rotatable bonds is 3. The lowest BCUT2D eigenvalue weighted by molar-refractivity contribution is 0.101. The molecule has 1 amide bonds. The van der Waals surface area contributed by atoms with Crippen molar-refractivity contribution in [1.29, 1.82) is 0 Å². The molecule has 5 nitrogen and oxygen atoms in total. The van der Waals surface area contributed by atoms with Crippen LogP contribution in [0, 0.1) is 3.57 Å². The molecular formula is C11H11IN4O. The van der Waals surface area contributed by atoms with Crippen molar-refractivity contribution in [3.8, 4) is 0 Å². The standard InChI is InChI=1S/C11H11IN4O/c1-2-9-14-10(16-15-9)11(17)13-8-5-3-7(12)4-6-8/h3-6H,2H2,1H3,(H,13,17)(H,14,15,16). The predicted octanol–water partition coefficient (Wildman–Crippen LogP) is 2.22. The van der Waals surface area contributed by atoms with Crippen molar-refractivity contribution >= 4 is 34.2 Å². The van der Waals surface area contributed by atoms with Gasteiger partial charge in [-0.05, 0) is 46.9 Å². The molecule has 2 rings (SSSR count). The van der Waals surface area contributed by atoms with E-state index in [9.17, 15) is 4.79 Å². The van der Waals surface area contributed by atoms with Gasteiger partial charge in [0.05, 0.1) is 0 Å². The second-order valence-electron chi connectivity index (χ2n) is 3.42. The summed E-state index contributed by atoms with van der Waals surface area (Å²) in [6, 6.07) is 7.53. The van der Waals surface area contributed by atoms with E-state index in [1.807, 2.05) is 31.2 Å². The van der Waals surface area contributed by atoms with Crippen molar-refractivity contribution in [2.75, 3.05) is 5.32 Å². The number of halogens is 1.